The van der Waals surface area contributed by atoms with Gasteiger partial charge in [-0.05, 0) is 51.7 Å². The van der Waals surface area contributed by atoms with Gasteiger partial charge >= 0.3 is 5.97 Å². The number of fused-ring (bicyclic) bond motifs is 3. The molecule has 2 aliphatic heterocycles. The number of hydrogen-bond donors (Lipinski definition) is 0. The van der Waals surface area contributed by atoms with Gasteiger partial charge < -0.3 is 18.6 Å². The highest BCUT2D eigenvalue weighted by Gasteiger charge is 2.60. The number of ether oxygens (including phenoxy) is 3. The van der Waals surface area contributed by atoms with Gasteiger partial charge in [-0.15, -0.1) is 0 Å². The fraction of sp³-hybridized carbons (Fsp3) is 0.938. The summed E-state index contributed by atoms with van der Waals surface area (Å²) >= 11 is 0. The predicted octanol–water partition coefficient (Wildman–Crippen LogP) is 2.84. The van der Waals surface area contributed by atoms with Crippen LogP contribution in [0.3, 0.4) is 0 Å². The molecule has 3 rings (SSSR count). The fourth-order valence-electron chi connectivity index (χ4n) is 4.15. The first kappa shape index (κ1) is 16.4. The van der Waals surface area contributed by atoms with E-state index in [1.54, 1.807) is 0 Å². The Morgan fingerprint density at radius 3 is 2.59 bits per heavy atom. The molecule has 5 nitrogen and oxygen atoms in total. The summed E-state index contributed by atoms with van der Waals surface area (Å²) in [7, 11) is -1.64. The van der Waals surface area contributed by atoms with E-state index in [1.807, 2.05) is 20.8 Å². The van der Waals surface area contributed by atoms with Gasteiger partial charge in [0.05, 0.1) is 6.10 Å². The summed E-state index contributed by atoms with van der Waals surface area (Å²) in [6.07, 6.45) is 1.65. The monoisotopic (exact) mass is 328 g/mol. The van der Waals surface area contributed by atoms with Crippen molar-refractivity contribution in [2.75, 3.05) is 0 Å². The van der Waals surface area contributed by atoms with Crippen molar-refractivity contribution >= 4 is 14.3 Å². The highest BCUT2D eigenvalue weighted by atomic mass is 28.4. The van der Waals surface area contributed by atoms with Crippen LogP contribution in [0, 0.1) is 5.92 Å². The van der Waals surface area contributed by atoms with Gasteiger partial charge in [0.2, 0.25) is 0 Å². The van der Waals surface area contributed by atoms with Gasteiger partial charge in [0.15, 0.2) is 14.1 Å². The van der Waals surface area contributed by atoms with Crippen LogP contribution in [0.2, 0.25) is 19.1 Å². The second-order valence-corrected chi connectivity index (χ2v) is 12.0. The lowest BCUT2D eigenvalue weighted by Gasteiger charge is -2.38. The molecule has 1 saturated carbocycles. The highest BCUT2D eigenvalue weighted by molar-refractivity contribution is 6.71. The maximum atomic E-state index is 11.9. The van der Waals surface area contributed by atoms with E-state index in [9.17, 15) is 4.79 Å². The molecule has 3 fully saturated rings. The Morgan fingerprint density at radius 1 is 1.23 bits per heavy atom. The van der Waals surface area contributed by atoms with E-state index in [1.165, 1.54) is 0 Å². The fourth-order valence-corrected chi connectivity index (χ4v) is 6.97. The summed E-state index contributed by atoms with van der Waals surface area (Å²) in [6, 6.07) is 1.10. The molecule has 2 heterocycles. The molecule has 0 radical (unpaired) electrons. The molecule has 126 valence electrons. The van der Waals surface area contributed by atoms with Crippen molar-refractivity contribution in [1.29, 1.82) is 0 Å². The van der Waals surface area contributed by atoms with Gasteiger partial charge in [0.1, 0.15) is 18.3 Å². The van der Waals surface area contributed by atoms with Crippen LogP contribution in [-0.2, 0) is 23.4 Å². The summed E-state index contributed by atoms with van der Waals surface area (Å²) in [5.74, 6) is -0.356. The zero-order chi connectivity index (χ0) is 16.1. The number of carbonyl (C=O) groups is 1. The molecule has 0 N–H and O–H groups in total. The van der Waals surface area contributed by atoms with E-state index < -0.39 is 14.1 Å². The molecule has 0 spiro atoms. The minimum absolute atomic E-state index is 0.0922. The molecule has 0 amide bonds. The van der Waals surface area contributed by atoms with Gasteiger partial charge in [-0.3, -0.25) is 4.79 Å². The standard InChI is InChI=1S/C16H28O5Si/c1-6-7-12(17)18-11-8-10-9-22(4,5)21-13(10)15-14(11)19-16(2,3)20-15/h10-11,13-15H,6-9H2,1-5H3/t10-,11-,13+,14+,15-/m0/s1. The maximum Gasteiger partial charge on any atom is 0.306 e. The third-order valence-electron chi connectivity index (χ3n) is 4.80. The van der Waals surface area contributed by atoms with Crippen molar-refractivity contribution < 1.29 is 23.4 Å². The number of carbonyl (C=O) groups excluding carboxylic acids is 1. The quantitative estimate of drug-likeness (QED) is 0.589. The third-order valence-corrected chi connectivity index (χ3v) is 7.22. The number of rotatable bonds is 3. The summed E-state index contributed by atoms with van der Waals surface area (Å²) in [5.41, 5.74) is 0. The summed E-state index contributed by atoms with van der Waals surface area (Å²) in [6.45, 7) is 10.3. The van der Waals surface area contributed by atoms with Crippen molar-refractivity contribution in [3.05, 3.63) is 0 Å². The number of hydrogen-bond acceptors (Lipinski definition) is 5. The Hall–Kier alpha value is -0.433. The van der Waals surface area contributed by atoms with Gasteiger partial charge in [0.25, 0.3) is 0 Å². The Bertz CT molecular complexity index is 450. The Balaban J connectivity index is 1.79. The van der Waals surface area contributed by atoms with Crippen molar-refractivity contribution in [2.24, 2.45) is 5.92 Å². The van der Waals surface area contributed by atoms with Crippen molar-refractivity contribution in [2.45, 2.75) is 89.4 Å². The average Bonchev–Trinajstić information content (AvgIpc) is 2.84. The predicted molar refractivity (Wildman–Crippen MR) is 83.9 cm³/mol. The second-order valence-electron chi connectivity index (χ2n) is 7.89. The first-order valence-electron chi connectivity index (χ1n) is 8.44. The van der Waals surface area contributed by atoms with Crippen LogP contribution in [0.5, 0.6) is 0 Å². The molecule has 0 aromatic carbocycles. The van der Waals surface area contributed by atoms with E-state index in [4.69, 9.17) is 18.6 Å². The van der Waals surface area contributed by atoms with Crippen molar-refractivity contribution in [1.82, 2.24) is 0 Å². The largest absolute Gasteiger partial charge is 0.459 e. The third kappa shape index (κ3) is 3.11. The first-order valence-corrected chi connectivity index (χ1v) is 11.6. The molecule has 22 heavy (non-hydrogen) atoms. The molecule has 5 atom stereocenters. The van der Waals surface area contributed by atoms with E-state index in [2.05, 4.69) is 13.1 Å². The molecule has 0 bridgehead atoms. The normalized spacial score (nSPS) is 41.8. The van der Waals surface area contributed by atoms with Crippen LogP contribution in [0.15, 0.2) is 0 Å². The second kappa shape index (κ2) is 5.58. The smallest absolute Gasteiger partial charge is 0.306 e. The van der Waals surface area contributed by atoms with Crippen LogP contribution in [0.25, 0.3) is 0 Å². The Morgan fingerprint density at radius 2 is 1.91 bits per heavy atom. The summed E-state index contributed by atoms with van der Waals surface area (Å²) in [4.78, 5) is 11.9. The molecule has 0 unspecified atom stereocenters. The highest BCUT2D eigenvalue weighted by Crippen LogP contribution is 2.48. The lowest BCUT2D eigenvalue weighted by Crippen LogP contribution is -2.52. The van der Waals surface area contributed by atoms with Crippen LogP contribution < -0.4 is 0 Å². The van der Waals surface area contributed by atoms with Crippen molar-refractivity contribution in [3.63, 3.8) is 0 Å². The number of esters is 1. The molecule has 3 aliphatic rings. The van der Waals surface area contributed by atoms with Crippen molar-refractivity contribution in [3.8, 4) is 0 Å². The van der Waals surface area contributed by atoms with E-state index in [0.29, 0.717) is 12.3 Å². The molecule has 1 aliphatic carbocycles. The molecule has 2 saturated heterocycles. The summed E-state index contributed by atoms with van der Waals surface area (Å²) in [5, 5.41) is 0. The maximum absolute atomic E-state index is 11.9. The molecule has 0 aromatic heterocycles. The molecule has 0 aromatic rings. The Labute approximate surface area is 133 Å². The van der Waals surface area contributed by atoms with E-state index in [0.717, 1.165) is 18.9 Å². The molecule has 6 heteroatoms. The first-order chi connectivity index (χ1) is 10.2. The van der Waals surface area contributed by atoms with Crippen LogP contribution in [-0.4, -0.2) is 44.5 Å². The van der Waals surface area contributed by atoms with E-state index in [-0.39, 0.29) is 30.4 Å². The van der Waals surface area contributed by atoms with Gasteiger partial charge in [-0.25, -0.2) is 0 Å². The van der Waals surface area contributed by atoms with Gasteiger partial charge in [-0.1, -0.05) is 6.92 Å². The SMILES string of the molecule is CCCC(=O)O[C@H]1C[C@H]2C[Si](C)(C)O[C@H]2[C@@H]2OC(C)(C)O[C@@H]21. The minimum atomic E-state index is -1.64. The van der Waals surface area contributed by atoms with Gasteiger partial charge in [0, 0.05) is 6.42 Å². The Kier molecular flexibility index (Phi) is 4.17. The van der Waals surface area contributed by atoms with Crippen LogP contribution >= 0.6 is 0 Å². The molecular weight excluding hydrogens is 300 g/mol. The lowest BCUT2D eigenvalue weighted by atomic mass is 9.82. The zero-order valence-electron chi connectivity index (χ0n) is 14.3. The minimum Gasteiger partial charge on any atom is -0.459 e. The van der Waals surface area contributed by atoms with Crippen LogP contribution in [0.4, 0.5) is 0 Å². The zero-order valence-corrected chi connectivity index (χ0v) is 15.3. The topological polar surface area (TPSA) is 54.0 Å². The van der Waals surface area contributed by atoms with E-state index >= 15 is 0 Å². The van der Waals surface area contributed by atoms with Gasteiger partial charge in [-0.2, -0.15) is 0 Å². The van der Waals surface area contributed by atoms with Crippen LogP contribution in [0.1, 0.15) is 40.0 Å². The molecular formula is C16H28O5Si. The average molecular weight is 328 g/mol. The summed E-state index contributed by atoms with van der Waals surface area (Å²) < 4.78 is 24.3. The lowest BCUT2D eigenvalue weighted by molar-refractivity contribution is -0.171.